The van der Waals surface area contributed by atoms with E-state index < -0.39 is 0 Å². The molecule has 0 N–H and O–H groups in total. The quantitative estimate of drug-likeness (QED) is 0.371. The number of rotatable bonds is 2. The van der Waals surface area contributed by atoms with E-state index in [1.165, 1.54) is 44.5 Å². The van der Waals surface area contributed by atoms with Crippen LogP contribution in [0.5, 0.6) is 0 Å². The lowest BCUT2D eigenvalue weighted by Gasteiger charge is -2.39. The molecule has 38 heavy (non-hydrogen) atoms. The summed E-state index contributed by atoms with van der Waals surface area (Å²) in [7, 11) is 0. The van der Waals surface area contributed by atoms with Gasteiger partial charge in [-0.15, -0.1) is 0 Å². The lowest BCUT2D eigenvalue weighted by atomic mass is 9.66. The van der Waals surface area contributed by atoms with Crippen LogP contribution >= 0.6 is 0 Å². The molecule has 0 heterocycles. The molecule has 0 aliphatic heterocycles. The number of benzene rings is 2. The Bertz CT molecular complexity index is 980. The van der Waals surface area contributed by atoms with Gasteiger partial charge in [-0.2, -0.15) is 0 Å². The van der Waals surface area contributed by atoms with Crippen molar-refractivity contribution >= 4 is 0 Å². The fourth-order valence-electron chi connectivity index (χ4n) is 6.00. The highest BCUT2D eigenvalue weighted by Crippen LogP contribution is 2.46. The predicted molar refractivity (Wildman–Crippen MR) is 173 cm³/mol. The molecule has 0 aliphatic rings. The van der Waals surface area contributed by atoms with E-state index in [0.29, 0.717) is 5.92 Å². The van der Waals surface area contributed by atoms with Crippen molar-refractivity contribution in [2.75, 3.05) is 0 Å². The minimum Gasteiger partial charge on any atom is -0.0561 e. The zero-order valence-electron chi connectivity index (χ0n) is 28.9. The maximum absolute atomic E-state index is 2.55. The summed E-state index contributed by atoms with van der Waals surface area (Å²) in [5.74, 6) is 0.308. The van der Waals surface area contributed by atoms with Gasteiger partial charge in [0.2, 0.25) is 0 Å². The topological polar surface area (TPSA) is 0 Å². The Morgan fingerprint density at radius 2 is 0.526 bits per heavy atom. The van der Waals surface area contributed by atoms with Crippen LogP contribution in [0.3, 0.4) is 0 Å². The Morgan fingerprint density at radius 3 is 0.658 bits per heavy atom. The van der Waals surface area contributed by atoms with Crippen molar-refractivity contribution in [2.24, 2.45) is 0 Å². The van der Waals surface area contributed by atoms with Crippen LogP contribution in [0.2, 0.25) is 0 Å². The maximum Gasteiger partial charge on any atom is 0.00614 e. The first-order chi connectivity index (χ1) is 16.6. The van der Waals surface area contributed by atoms with E-state index in [2.05, 4.69) is 156 Å². The van der Waals surface area contributed by atoms with Crippen LogP contribution in [0.1, 0.15) is 182 Å². The average Bonchev–Trinajstić information content (AvgIpc) is 2.67. The Kier molecular flexibility index (Phi) is 8.43. The molecule has 0 nitrogen and oxygen atoms in total. The van der Waals surface area contributed by atoms with E-state index in [1.54, 1.807) is 0 Å². The molecule has 2 aromatic carbocycles. The van der Waals surface area contributed by atoms with Gasteiger partial charge in [0.15, 0.2) is 0 Å². The summed E-state index contributed by atoms with van der Waals surface area (Å²) in [6.07, 6.45) is 0. The molecular formula is C38H62. The highest BCUT2D eigenvalue weighted by atomic mass is 14.4. The molecule has 0 unspecified atom stereocenters. The molecule has 0 atom stereocenters. The van der Waals surface area contributed by atoms with Crippen molar-refractivity contribution in [1.29, 1.82) is 0 Å². The normalized spacial score (nSPS) is 14.4. The molecule has 0 spiro atoms. The van der Waals surface area contributed by atoms with Crippen LogP contribution in [0.25, 0.3) is 0 Å². The molecule has 0 saturated heterocycles. The summed E-state index contributed by atoms with van der Waals surface area (Å²) in [4.78, 5) is 0. The highest BCUT2D eigenvalue weighted by Gasteiger charge is 2.35. The predicted octanol–water partition coefficient (Wildman–Crippen LogP) is 11.6. The molecule has 0 fully saturated rings. The smallest absolute Gasteiger partial charge is 0.00614 e. The standard InChI is InChI=1S/C38H62/c1-24(25-20-27(33(2,3)4)31(37(14,15)16)28(21-25)34(5,6)7)26-22-29(35(8,9)10)32(38(17,18)19)30(23-26)36(11,12)13/h20-24H,1-19H3. The van der Waals surface area contributed by atoms with Crippen molar-refractivity contribution < 1.29 is 0 Å². The third-order valence-corrected chi connectivity index (χ3v) is 8.05. The van der Waals surface area contributed by atoms with Gasteiger partial charge in [-0.1, -0.05) is 156 Å². The monoisotopic (exact) mass is 518 g/mol. The lowest BCUT2D eigenvalue weighted by molar-refractivity contribution is 0.494. The third-order valence-electron chi connectivity index (χ3n) is 8.05. The number of hydrogen-bond donors (Lipinski definition) is 0. The fourth-order valence-corrected chi connectivity index (χ4v) is 6.00. The van der Waals surface area contributed by atoms with E-state index in [1.807, 2.05) is 0 Å². The summed E-state index contributed by atoms with van der Waals surface area (Å²) in [6, 6.07) is 10.2. The van der Waals surface area contributed by atoms with Gasteiger partial charge < -0.3 is 0 Å². The molecule has 0 aliphatic carbocycles. The zero-order chi connectivity index (χ0) is 30.0. The van der Waals surface area contributed by atoms with Crippen LogP contribution in [0.4, 0.5) is 0 Å². The number of hydrogen-bond acceptors (Lipinski definition) is 0. The van der Waals surface area contributed by atoms with Crippen LogP contribution in [0, 0.1) is 0 Å². The molecule has 0 heteroatoms. The van der Waals surface area contributed by atoms with Gasteiger partial charge in [-0.3, -0.25) is 0 Å². The second-order valence-electron chi connectivity index (χ2n) is 18.2. The zero-order valence-corrected chi connectivity index (χ0v) is 28.9. The van der Waals surface area contributed by atoms with Crippen LogP contribution in [-0.4, -0.2) is 0 Å². The highest BCUT2D eigenvalue weighted by molar-refractivity contribution is 5.54. The summed E-state index contributed by atoms with van der Waals surface area (Å²) in [6.45, 7) is 45.3. The van der Waals surface area contributed by atoms with Gasteiger partial charge in [0.1, 0.15) is 0 Å². The minimum absolute atomic E-state index is 0.0710. The Hall–Kier alpha value is -1.56. The van der Waals surface area contributed by atoms with Crippen molar-refractivity contribution in [2.45, 2.75) is 170 Å². The molecule has 0 bridgehead atoms. The van der Waals surface area contributed by atoms with Crippen LogP contribution in [0.15, 0.2) is 24.3 Å². The molecular weight excluding hydrogens is 456 g/mol. The second-order valence-corrected chi connectivity index (χ2v) is 18.2. The van der Waals surface area contributed by atoms with Gasteiger partial charge in [0.05, 0.1) is 0 Å². The molecule has 0 amide bonds. The van der Waals surface area contributed by atoms with E-state index in [4.69, 9.17) is 0 Å². The summed E-state index contributed by atoms with van der Waals surface area (Å²) in [5.41, 5.74) is 12.4. The van der Waals surface area contributed by atoms with E-state index in [-0.39, 0.29) is 32.5 Å². The maximum atomic E-state index is 2.55. The van der Waals surface area contributed by atoms with Gasteiger partial charge in [0.25, 0.3) is 0 Å². The average molecular weight is 519 g/mol. The Morgan fingerprint density at radius 1 is 0.342 bits per heavy atom. The first kappa shape index (κ1) is 32.7. The van der Waals surface area contributed by atoms with Gasteiger partial charge in [-0.05, 0) is 77.0 Å². The lowest BCUT2D eigenvalue weighted by Crippen LogP contribution is -2.29. The first-order valence-corrected chi connectivity index (χ1v) is 15.0. The van der Waals surface area contributed by atoms with Gasteiger partial charge >= 0.3 is 0 Å². The summed E-state index contributed by atoms with van der Waals surface area (Å²) < 4.78 is 0. The molecule has 2 rings (SSSR count). The third kappa shape index (κ3) is 6.95. The largest absolute Gasteiger partial charge is 0.0561 e. The van der Waals surface area contributed by atoms with Crippen LogP contribution < -0.4 is 0 Å². The fraction of sp³-hybridized carbons (Fsp3) is 0.684. The first-order valence-electron chi connectivity index (χ1n) is 15.0. The minimum atomic E-state index is 0.0710. The van der Waals surface area contributed by atoms with Crippen molar-refractivity contribution in [1.82, 2.24) is 0 Å². The van der Waals surface area contributed by atoms with E-state index in [0.717, 1.165) is 0 Å². The molecule has 0 saturated carbocycles. The SMILES string of the molecule is CC(c1cc(C(C)(C)C)c(C(C)(C)C)c(C(C)(C)C)c1)c1cc(C(C)(C)C)c(C(C)(C)C)c(C(C)(C)C)c1. The second kappa shape index (κ2) is 9.82. The van der Waals surface area contributed by atoms with Gasteiger partial charge in [0, 0.05) is 5.92 Å². The van der Waals surface area contributed by atoms with Crippen LogP contribution in [-0.2, 0) is 32.5 Å². The summed E-state index contributed by atoms with van der Waals surface area (Å²) in [5, 5.41) is 0. The van der Waals surface area contributed by atoms with E-state index >= 15 is 0 Å². The van der Waals surface area contributed by atoms with Crippen molar-refractivity contribution in [3.05, 3.63) is 68.8 Å². The van der Waals surface area contributed by atoms with E-state index in [9.17, 15) is 0 Å². The molecule has 214 valence electrons. The summed E-state index contributed by atoms with van der Waals surface area (Å²) >= 11 is 0. The molecule has 2 aromatic rings. The van der Waals surface area contributed by atoms with Gasteiger partial charge in [-0.25, -0.2) is 0 Å². The van der Waals surface area contributed by atoms with Crippen molar-refractivity contribution in [3.8, 4) is 0 Å². The Labute approximate surface area is 238 Å². The van der Waals surface area contributed by atoms with Crippen molar-refractivity contribution in [3.63, 3.8) is 0 Å². The Balaban J connectivity index is 3.04. The molecule has 0 radical (unpaired) electrons. The molecule has 0 aromatic heterocycles.